The minimum atomic E-state index is -0.665. The minimum absolute atomic E-state index is 0.0301. The molecule has 4 aromatic carbocycles. The molecule has 1 atom stereocenters. The predicted octanol–water partition coefficient (Wildman–Crippen LogP) is 6.90. The zero-order chi connectivity index (χ0) is 29.5. The van der Waals surface area contributed by atoms with Crippen LogP contribution in [0.2, 0.25) is 0 Å². The number of carbonyl (C=O) groups excluding carboxylic acids is 3. The highest BCUT2D eigenvalue weighted by Gasteiger charge is 2.32. The van der Waals surface area contributed by atoms with Crippen molar-refractivity contribution in [3.05, 3.63) is 112 Å². The van der Waals surface area contributed by atoms with Crippen LogP contribution < -0.4 is 10.2 Å². The minimum Gasteiger partial charge on any atom is -0.354 e. The molecule has 0 radical (unpaired) electrons. The molecule has 5 rings (SSSR count). The standard InChI is InChI=1S/C35H36BrN3O3/c1-2-3-20-37-34(41)31(23-25-11-5-4-6-12-25)39(24-26-13-7-16-28(36)22-26)32(40)19-10-21-38-30-18-9-15-27-14-8-17-29(33(27)30)35(38)42/h4-9,11-18,22,31H,2-3,10,19-21,23-24H2,1H3,(H,37,41). The molecule has 0 bridgehead atoms. The van der Waals surface area contributed by atoms with Crippen LogP contribution in [0.1, 0.15) is 54.1 Å². The summed E-state index contributed by atoms with van der Waals surface area (Å²) in [5, 5.41) is 5.08. The van der Waals surface area contributed by atoms with Crippen molar-refractivity contribution in [2.75, 3.05) is 18.0 Å². The Balaban J connectivity index is 1.36. The molecule has 0 spiro atoms. The molecule has 0 saturated carbocycles. The van der Waals surface area contributed by atoms with Crippen LogP contribution in [-0.2, 0) is 22.6 Å². The van der Waals surface area contributed by atoms with Gasteiger partial charge in [-0.2, -0.15) is 0 Å². The lowest BCUT2D eigenvalue weighted by molar-refractivity contribution is -0.141. The quantitative estimate of drug-likeness (QED) is 0.164. The van der Waals surface area contributed by atoms with E-state index >= 15 is 0 Å². The number of nitrogens with one attached hydrogen (secondary N) is 1. The van der Waals surface area contributed by atoms with Crippen molar-refractivity contribution >= 4 is 50.1 Å². The van der Waals surface area contributed by atoms with E-state index in [0.29, 0.717) is 38.0 Å². The summed E-state index contributed by atoms with van der Waals surface area (Å²) in [5.74, 6) is -0.283. The number of rotatable bonds is 13. The summed E-state index contributed by atoms with van der Waals surface area (Å²) in [6.07, 6.45) is 2.97. The zero-order valence-electron chi connectivity index (χ0n) is 23.9. The molecule has 1 heterocycles. The van der Waals surface area contributed by atoms with Crippen molar-refractivity contribution in [1.29, 1.82) is 0 Å². The predicted molar refractivity (Wildman–Crippen MR) is 171 cm³/mol. The molecule has 1 unspecified atom stereocenters. The van der Waals surface area contributed by atoms with Crippen LogP contribution in [0.15, 0.2) is 95.5 Å². The fourth-order valence-electron chi connectivity index (χ4n) is 5.63. The van der Waals surface area contributed by atoms with Crippen LogP contribution in [0.25, 0.3) is 10.8 Å². The number of benzene rings is 4. The highest BCUT2D eigenvalue weighted by Crippen LogP contribution is 2.37. The Morgan fingerprint density at radius 1 is 0.905 bits per heavy atom. The Kier molecular flexibility index (Phi) is 9.70. The summed E-state index contributed by atoms with van der Waals surface area (Å²) < 4.78 is 0.917. The maximum Gasteiger partial charge on any atom is 0.258 e. The van der Waals surface area contributed by atoms with Gasteiger partial charge in [0.25, 0.3) is 5.91 Å². The summed E-state index contributed by atoms with van der Waals surface area (Å²) in [5.41, 5.74) is 3.53. The van der Waals surface area contributed by atoms with Gasteiger partial charge in [-0.15, -0.1) is 0 Å². The maximum absolute atomic E-state index is 14.0. The molecule has 0 fully saturated rings. The van der Waals surface area contributed by atoms with Gasteiger partial charge in [-0.1, -0.05) is 96.0 Å². The molecule has 1 aliphatic heterocycles. The number of amides is 3. The van der Waals surface area contributed by atoms with E-state index in [1.54, 1.807) is 9.80 Å². The van der Waals surface area contributed by atoms with Gasteiger partial charge in [-0.25, -0.2) is 0 Å². The number of carbonyl (C=O) groups is 3. The number of halogens is 1. The van der Waals surface area contributed by atoms with Gasteiger partial charge in [0.1, 0.15) is 6.04 Å². The van der Waals surface area contributed by atoms with Gasteiger partial charge in [0.05, 0.1) is 5.69 Å². The molecule has 0 aromatic heterocycles. The van der Waals surface area contributed by atoms with Crippen LogP contribution in [0, 0.1) is 0 Å². The lowest BCUT2D eigenvalue weighted by atomic mass is 10.0. The fraction of sp³-hybridized carbons (Fsp3) is 0.286. The second-order valence-corrected chi connectivity index (χ2v) is 11.7. The molecule has 6 nitrogen and oxygen atoms in total. The van der Waals surface area contributed by atoms with E-state index in [-0.39, 0.29) is 24.1 Å². The van der Waals surface area contributed by atoms with Gasteiger partial charge in [0.2, 0.25) is 11.8 Å². The molecular weight excluding hydrogens is 590 g/mol. The van der Waals surface area contributed by atoms with Crippen molar-refractivity contribution in [3.63, 3.8) is 0 Å². The van der Waals surface area contributed by atoms with Gasteiger partial charge in [-0.05, 0) is 53.6 Å². The van der Waals surface area contributed by atoms with E-state index in [9.17, 15) is 14.4 Å². The summed E-state index contributed by atoms with van der Waals surface area (Å²) in [6, 6.07) is 28.7. The Morgan fingerprint density at radius 3 is 2.40 bits per heavy atom. The molecule has 216 valence electrons. The number of hydrogen-bond donors (Lipinski definition) is 1. The Hall–Kier alpha value is -3.97. The fourth-order valence-corrected chi connectivity index (χ4v) is 6.07. The number of anilines is 1. The second-order valence-electron chi connectivity index (χ2n) is 10.7. The first-order chi connectivity index (χ1) is 20.5. The number of hydrogen-bond acceptors (Lipinski definition) is 3. The van der Waals surface area contributed by atoms with Gasteiger partial charge >= 0.3 is 0 Å². The zero-order valence-corrected chi connectivity index (χ0v) is 25.5. The molecule has 1 N–H and O–H groups in total. The number of nitrogens with zero attached hydrogens (tertiary/aromatic N) is 2. The molecular formula is C35H36BrN3O3. The summed E-state index contributed by atoms with van der Waals surface area (Å²) in [4.78, 5) is 44.4. The highest BCUT2D eigenvalue weighted by molar-refractivity contribution is 9.10. The van der Waals surface area contributed by atoms with Crippen LogP contribution in [-0.4, -0.2) is 41.8 Å². The van der Waals surface area contributed by atoms with Crippen molar-refractivity contribution in [1.82, 2.24) is 10.2 Å². The molecule has 42 heavy (non-hydrogen) atoms. The van der Waals surface area contributed by atoms with E-state index in [1.807, 2.05) is 91.0 Å². The highest BCUT2D eigenvalue weighted by atomic mass is 79.9. The Labute approximate surface area is 255 Å². The largest absolute Gasteiger partial charge is 0.354 e. The molecule has 0 aliphatic carbocycles. The van der Waals surface area contributed by atoms with Crippen molar-refractivity contribution in [2.45, 2.75) is 51.6 Å². The van der Waals surface area contributed by atoms with Crippen LogP contribution in [0.4, 0.5) is 5.69 Å². The summed E-state index contributed by atoms with van der Waals surface area (Å²) in [6.45, 7) is 3.39. The third-order valence-electron chi connectivity index (χ3n) is 7.76. The van der Waals surface area contributed by atoms with E-state index in [2.05, 4.69) is 28.2 Å². The SMILES string of the molecule is CCCCNC(=O)C(Cc1ccccc1)N(Cc1cccc(Br)c1)C(=O)CCCN1C(=O)c2cccc3cccc1c23. The molecule has 7 heteroatoms. The molecule has 4 aromatic rings. The third kappa shape index (κ3) is 6.73. The molecule has 1 aliphatic rings. The molecule has 0 saturated heterocycles. The monoisotopic (exact) mass is 625 g/mol. The second kappa shape index (κ2) is 13.8. The first kappa shape index (κ1) is 29.5. The van der Waals surface area contributed by atoms with E-state index < -0.39 is 6.04 Å². The van der Waals surface area contributed by atoms with E-state index in [0.717, 1.165) is 44.9 Å². The van der Waals surface area contributed by atoms with Gasteiger partial charge in [0.15, 0.2) is 0 Å². The van der Waals surface area contributed by atoms with Crippen molar-refractivity contribution < 1.29 is 14.4 Å². The average Bonchev–Trinajstić information content (AvgIpc) is 3.27. The average molecular weight is 627 g/mol. The lowest BCUT2D eigenvalue weighted by Gasteiger charge is -2.32. The van der Waals surface area contributed by atoms with E-state index in [4.69, 9.17) is 0 Å². The van der Waals surface area contributed by atoms with Gasteiger partial charge < -0.3 is 15.1 Å². The van der Waals surface area contributed by atoms with Crippen LogP contribution >= 0.6 is 15.9 Å². The first-order valence-electron chi connectivity index (χ1n) is 14.7. The third-order valence-corrected chi connectivity index (χ3v) is 8.26. The summed E-state index contributed by atoms with van der Waals surface area (Å²) in [7, 11) is 0. The topological polar surface area (TPSA) is 69.7 Å². The normalized spacial score (nSPS) is 12.9. The Bertz CT molecular complexity index is 1570. The van der Waals surface area contributed by atoms with Crippen molar-refractivity contribution in [2.24, 2.45) is 0 Å². The first-order valence-corrected chi connectivity index (χ1v) is 15.4. The molecule has 3 amide bonds. The maximum atomic E-state index is 14.0. The van der Waals surface area contributed by atoms with Crippen LogP contribution in [0.5, 0.6) is 0 Å². The van der Waals surface area contributed by atoms with Gasteiger partial charge in [0, 0.05) is 47.9 Å². The summed E-state index contributed by atoms with van der Waals surface area (Å²) >= 11 is 3.54. The van der Waals surface area contributed by atoms with Crippen molar-refractivity contribution in [3.8, 4) is 0 Å². The lowest BCUT2D eigenvalue weighted by Crippen LogP contribution is -2.50. The van der Waals surface area contributed by atoms with E-state index in [1.165, 1.54) is 0 Å². The smallest absolute Gasteiger partial charge is 0.258 e. The number of unbranched alkanes of at least 4 members (excludes halogenated alkanes) is 1. The van der Waals surface area contributed by atoms with Crippen LogP contribution in [0.3, 0.4) is 0 Å². The Morgan fingerprint density at radius 2 is 1.64 bits per heavy atom. The van der Waals surface area contributed by atoms with Gasteiger partial charge in [-0.3, -0.25) is 14.4 Å².